The second-order valence-electron chi connectivity index (χ2n) is 10.6. The molecule has 4 aliphatic carbocycles. The van der Waals surface area contributed by atoms with Crippen LogP contribution in [0.3, 0.4) is 0 Å². The molecule has 4 aliphatic rings. The first-order chi connectivity index (χ1) is 12.8. The van der Waals surface area contributed by atoms with Gasteiger partial charge in [-0.1, -0.05) is 45.7 Å². The maximum Gasteiger partial charge on any atom is 0.160 e. The van der Waals surface area contributed by atoms with E-state index in [0.29, 0.717) is 22.4 Å². The van der Waals surface area contributed by atoms with Crippen LogP contribution >= 0.6 is 31.9 Å². The molecule has 8 unspecified atom stereocenters. The predicted molar refractivity (Wildman–Crippen MR) is 118 cm³/mol. The highest BCUT2D eigenvalue weighted by molar-refractivity contribution is 9.11. The van der Waals surface area contributed by atoms with Crippen molar-refractivity contribution in [1.29, 1.82) is 0 Å². The van der Waals surface area contributed by atoms with E-state index in [9.17, 15) is 4.79 Å². The number of carbonyl (C=O) groups excluding carboxylic acids is 1. The molecule has 4 fully saturated rings. The van der Waals surface area contributed by atoms with E-state index in [1.807, 2.05) is 7.11 Å². The fourth-order valence-corrected chi connectivity index (χ4v) is 10.00. The van der Waals surface area contributed by atoms with Gasteiger partial charge in [-0.15, -0.1) is 0 Å². The number of rotatable bonds is 4. The van der Waals surface area contributed by atoms with Gasteiger partial charge in [-0.3, -0.25) is 4.79 Å². The van der Waals surface area contributed by atoms with Gasteiger partial charge in [0.15, 0.2) is 5.78 Å². The van der Waals surface area contributed by atoms with Crippen molar-refractivity contribution in [2.75, 3.05) is 19.0 Å². The quantitative estimate of drug-likeness (QED) is 0.415. The van der Waals surface area contributed by atoms with Gasteiger partial charge in [0.25, 0.3) is 0 Å². The molecule has 0 spiro atoms. The molecule has 0 aromatic carbocycles. The Kier molecular flexibility index (Phi) is 5.69. The van der Waals surface area contributed by atoms with Gasteiger partial charge in [0.2, 0.25) is 0 Å². The Morgan fingerprint density at radius 2 is 1.78 bits per heavy atom. The Hall–Kier alpha value is 0.590. The van der Waals surface area contributed by atoms with Gasteiger partial charge in [0, 0.05) is 13.7 Å². The zero-order valence-corrected chi connectivity index (χ0v) is 20.4. The number of carbonyl (C=O) groups is 1. The number of Topliss-reactive ketones (excluding diaryl/α,β-unsaturated/α-hetero) is 1. The average Bonchev–Trinajstić information content (AvgIpc) is 2.94. The van der Waals surface area contributed by atoms with Crippen LogP contribution in [-0.4, -0.2) is 29.2 Å². The third kappa shape index (κ3) is 2.97. The lowest BCUT2D eigenvalue weighted by Crippen LogP contribution is -2.57. The molecule has 0 aliphatic heterocycles. The maximum atomic E-state index is 12.8. The molecule has 4 saturated carbocycles. The van der Waals surface area contributed by atoms with Crippen molar-refractivity contribution in [2.45, 2.75) is 76.0 Å². The minimum atomic E-state index is -0.299. The summed E-state index contributed by atoms with van der Waals surface area (Å²) in [5.74, 6) is 4.44. The monoisotopic (exact) mass is 502 g/mol. The highest BCUT2D eigenvalue weighted by Crippen LogP contribution is 2.70. The second-order valence-corrected chi connectivity index (χ2v) is 12.5. The Balaban J connectivity index is 1.57. The second kappa shape index (κ2) is 7.38. The van der Waals surface area contributed by atoms with Gasteiger partial charge in [0.1, 0.15) is 0 Å². The molecule has 0 aromatic rings. The first-order valence-electron chi connectivity index (χ1n) is 11.1. The average molecular weight is 504 g/mol. The molecule has 2 nitrogen and oxygen atoms in total. The first kappa shape index (κ1) is 20.8. The summed E-state index contributed by atoms with van der Waals surface area (Å²) in [7, 11) is 1.85. The summed E-state index contributed by atoms with van der Waals surface area (Å²) in [6.07, 6.45) is 11.7. The van der Waals surface area contributed by atoms with Crippen molar-refractivity contribution in [3.63, 3.8) is 0 Å². The first-order valence-corrected chi connectivity index (χ1v) is 13.0. The Morgan fingerprint density at radius 1 is 1.04 bits per heavy atom. The highest BCUT2D eigenvalue weighted by atomic mass is 79.9. The van der Waals surface area contributed by atoms with Crippen LogP contribution in [0, 0.1) is 40.4 Å². The normalized spacial score (nSPS) is 52.0. The van der Waals surface area contributed by atoms with Crippen molar-refractivity contribution >= 4 is 37.6 Å². The molecule has 27 heavy (non-hydrogen) atoms. The summed E-state index contributed by atoms with van der Waals surface area (Å²) in [6.45, 7) is 6.00. The molecule has 4 heteroatoms. The van der Waals surface area contributed by atoms with Crippen LogP contribution in [0.2, 0.25) is 0 Å². The Labute approximate surface area is 182 Å². The number of methoxy groups -OCH3 is 1. The van der Waals surface area contributed by atoms with E-state index in [0.717, 1.165) is 36.7 Å². The SMILES string of the molecule is COCC1CCC2(C)C(CCC3C2CCC2(C)C3CCC2(Br)C(=O)CBr)C1. The van der Waals surface area contributed by atoms with E-state index in [-0.39, 0.29) is 9.74 Å². The summed E-state index contributed by atoms with van der Waals surface area (Å²) in [5, 5.41) is 0.481. The molecule has 0 heterocycles. The van der Waals surface area contributed by atoms with E-state index in [1.165, 1.54) is 51.4 Å². The van der Waals surface area contributed by atoms with Crippen LogP contribution in [0.5, 0.6) is 0 Å². The van der Waals surface area contributed by atoms with Crippen LogP contribution in [0.25, 0.3) is 0 Å². The van der Waals surface area contributed by atoms with Crippen molar-refractivity contribution < 1.29 is 9.53 Å². The van der Waals surface area contributed by atoms with Crippen LogP contribution in [0.15, 0.2) is 0 Å². The molecule has 0 N–H and O–H groups in total. The van der Waals surface area contributed by atoms with Crippen LogP contribution < -0.4 is 0 Å². The number of ether oxygens (including phenoxy) is 1. The van der Waals surface area contributed by atoms with Gasteiger partial charge >= 0.3 is 0 Å². The van der Waals surface area contributed by atoms with Gasteiger partial charge in [0.05, 0.1) is 9.65 Å². The molecular weight excluding hydrogens is 468 g/mol. The van der Waals surface area contributed by atoms with Gasteiger partial charge < -0.3 is 4.74 Å². The standard InChI is InChI=1S/C23H36Br2O2/c1-21-9-6-15(14-27-3)12-16(21)4-5-17-18(21)7-10-22(2)19(17)8-11-23(22,25)20(26)13-24/h15-19H,4-14H2,1-3H3. The molecular formula is C23H36Br2O2. The van der Waals surface area contributed by atoms with E-state index in [2.05, 4.69) is 45.7 Å². The van der Waals surface area contributed by atoms with Crippen molar-refractivity contribution in [3.8, 4) is 0 Å². The van der Waals surface area contributed by atoms with Crippen molar-refractivity contribution in [3.05, 3.63) is 0 Å². The lowest BCUT2D eigenvalue weighted by Gasteiger charge is -2.61. The van der Waals surface area contributed by atoms with E-state index >= 15 is 0 Å². The molecule has 0 bridgehead atoms. The molecule has 4 rings (SSSR count). The topological polar surface area (TPSA) is 26.3 Å². The smallest absolute Gasteiger partial charge is 0.160 e. The van der Waals surface area contributed by atoms with E-state index < -0.39 is 0 Å². The number of fused-ring (bicyclic) bond motifs is 5. The van der Waals surface area contributed by atoms with Gasteiger partial charge in [-0.2, -0.15) is 0 Å². The van der Waals surface area contributed by atoms with E-state index in [1.54, 1.807) is 0 Å². The Morgan fingerprint density at radius 3 is 2.48 bits per heavy atom. The maximum absolute atomic E-state index is 12.8. The molecule has 8 atom stereocenters. The summed E-state index contributed by atoms with van der Waals surface area (Å²) >= 11 is 7.45. The number of halogens is 2. The zero-order valence-electron chi connectivity index (χ0n) is 17.2. The van der Waals surface area contributed by atoms with Crippen molar-refractivity contribution in [1.82, 2.24) is 0 Å². The largest absolute Gasteiger partial charge is 0.384 e. The third-order valence-corrected chi connectivity index (χ3v) is 12.1. The molecule has 154 valence electrons. The van der Waals surface area contributed by atoms with Crippen LogP contribution in [-0.2, 0) is 9.53 Å². The lowest BCUT2D eigenvalue weighted by molar-refractivity contribution is -0.132. The highest BCUT2D eigenvalue weighted by Gasteiger charge is 2.65. The lowest BCUT2D eigenvalue weighted by atomic mass is 9.44. The minimum Gasteiger partial charge on any atom is -0.384 e. The van der Waals surface area contributed by atoms with Gasteiger partial charge in [-0.05, 0) is 98.2 Å². The summed E-state index contributed by atoms with van der Waals surface area (Å²) < 4.78 is 5.19. The summed E-state index contributed by atoms with van der Waals surface area (Å²) in [5.41, 5.74) is 0.654. The zero-order chi connectivity index (χ0) is 19.4. The summed E-state index contributed by atoms with van der Waals surface area (Å²) in [4.78, 5) is 12.8. The fourth-order valence-electron chi connectivity index (χ4n) is 8.28. The molecule has 0 saturated heterocycles. The number of hydrogen-bond acceptors (Lipinski definition) is 2. The molecule has 0 radical (unpaired) electrons. The fraction of sp³-hybridized carbons (Fsp3) is 0.957. The van der Waals surface area contributed by atoms with E-state index in [4.69, 9.17) is 4.74 Å². The predicted octanol–water partition coefficient (Wildman–Crippen LogP) is 6.39. The molecule has 0 amide bonds. The number of ketones is 1. The molecule has 0 aromatic heterocycles. The number of alkyl halides is 2. The summed E-state index contributed by atoms with van der Waals surface area (Å²) in [6, 6.07) is 0. The number of hydrogen-bond donors (Lipinski definition) is 0. The van der Waals surface area contributed by atoms with Crippen LogP contribution in [0.4, 0.5) is 0 Å². The van der Waals surface area contributed by atoms with Gasteiger partial charge in [-0.25, -0.2) is 0 Å². The van der Waals surface area contributed by atoms with Crippen molar-refractivity contribution in [2.24, 2.45) is 40.4 Å². The Bertz CT molecular complexity index is 595. The third-order valence-electron chi connectivity index (χ3n) is 9.83. The minimum absolute atomic E-state index is 0.134. The van der Waals surface area contributed by atoms with Crippen LogP contribution in [0.1, 0.15) is 71.6 Å².